The van der Waals surface area contributed by atoms with Gasteiger partial charge >= 0.3 is 0 Å². The molecule has 1 N–H and O–H groups in total. The van der Waals surface area contributed by atoms with Crippen molar-refractivity contribution in [2.45, 2.75) is 39.2 Å². The number of hydrogen-bond donors (Lipinski definition) is 1. The summed E-state index contributed by atoms with van der Waals surface area (Å²) < 4.78 is 15.9. The molecule has 0 aromatic heterocycles. The quantitative estimate of drug-likeness (QED) is 0.789. The maximum atomic E-state index is 12.9. The largest absolute Gasteiger partial charge is 0.493 e. The Morgan fingerprint density at radius 3 is 2.11 bits per heavy atom. The summed E-state index contributed by atoms with van der Waals surface area (Å²) in [6, 6.07) is 3.49. The average Bonchev–Trinajstić information content (AvgIpc) is 2.71. The van der Waals surface area contributed by atoms with E-state index in [4.69, 9.17) is 14.2 Å². The summed E-state index contributed by atoms with van der Waals surface area (Å²) in [4.78, 5) is 27.0. The molecule has 1 heterocycles. The van der Waals surface area contributed by atoms with Gasteiger partial charge in [0.1, 0.15) is 0 Å². The van der Waals surface area contributed by atoms with E-state index in [1.54, 1.807) is 17.0 Å². The molecule has 0 bridgehead atoms. The number of ether oxygens (including phenoxy) is 3. The Morgan fingerprint density at radius 1 is 1.11 bits per heavy atom. The van der Waals surface area contributed by atoms with Crippen LogP contribution in [-0.4, -0.2) is 57.2 Å². The molecule has 1 atom stereocenters. The van der Waals surface area contributed by atoms with E-state index in [9.17, 15) is 9.59 Å². The van der Waals surface area contributed by atoms with E-state index in [-0.39, 0.29) is 23.8 Å². The number of rotatable bonds is 7. The summed E-state index contributed by atoms with van der Waals surface area (Å²) in [5.74, 6) is 1.30. The van der Waals surface area contributed by atoms with Crippen LogP contribution in [0.1, 0.15) is 43.5 Å². The molecule has 1 aromatic carbocycles. The van der Waals surface area contributed by atoms with E-state index in [2.05, 4.69) is 5.32 Å². The van der Waals surface area contributed by atoms with Crippen molar-refractivity contribution in [1.82, 2.24) is 10.2 Å². The van der Waals surface area contributed by atoms with Crippen molar-refractivity contribution in [2.75, 3.05) is 34.4 Å². The number of methoxy groups -OCH3 is 3. The molecule has 7 heteroatoms. The molecule has 1 fully saturated rings. The maximum absolute atomic E-state index is 12.9. The van der Waals surface area contributed by atoms with Gasteiger partial charge < -0.3 is 24.4 Å². The van der Waals surface area contributed by atoms with Crippen LogP contribution in [0.5, 0.6) is 17.2 Å². The summed E-state index contributed by atoms with van der Waals surface area (Å²) in [6.45, 7) is 5.15. The van der Waals surface area contributed by atoms with E-state index < -0.39 is 0 Å². The third-order valence-electron chi connectivity index (χ3n) is 5.07. The molecule has 1 aliphatic heterocycles. The third-order valence-corrected chi connectivity index (χ3v) is 5.07. The summed E-state index contributed by atoms with van der Waals surface area (Å²) in [5.41, 5.74) is 0.479. The molecule has 0 radical (unpaired) electrons. The van der Waals surface area contributed by atoms with Crippen molar-refractivity contribution < 1.29 is 23.8 Å². The van der Waals surface area contributed by atoms with Gasteiger partial charge in [0.25, 0.3) is 5.91 Å². The Morgan fingerprint density at radius 2 is 1.67 bits per heavy atom. The van der Waals surface area contributed by atoms with Gasteiger partial charge in [-0.1, -0.05) is 6.92 Å². The zero-order chi connectivity index (χ0) is 20.0. The molecule has 0 aliphatic carbocycles. The summed E-state index contributed by atoms with van der Waals surface area (Å²) in [5, 5.41) is 3.03. The monoisotopic (exact) mass is 378 g/mol. The summed E-state index contributed by atoms with van der Waals surface area (Å²) in [7, 11) is 4.57. The second kappa shape index (κ2) is 9.48. The minimum Gasteiger partial charge on any atom is -0.493 e. The average molecular weight is 378 g/mol. The van der Waals surface area contributed by atoms with Crippen LogP contribution in [0, 0.1) is 5.92 Å². The number of nitrogens with zero attached hydrogens (tertiary/aromatic N) is 1. The van der Waals surface area contributed by atoms with Crippen molar-refractivity contribution in [3.63, 3.8) is 0 Å². The first-order valence-electron chi connectivity index (χ1n) is 9.34. The lowest BCUT2D eigenvalue weighted by Gasteiger charge is -2.32. The molecule has 1 aliphatic rings. The highest BCUT2D eigenvalue weighted by atomic mass is 16.5. The molecular weight excluding hydrogens is 348 g/mol. The number of hydrogen-bond acceptors (Lipinski definition) is 5. The first-order valence-corrected chi connectivity index (χ1v) is 9.34. The van der Waals surface area contributed by atoms with Crippen LogP contribution < -0.4 is 19.5 Å². The number of piperidine rings is 1. The standard InChI is InChI=1S/C20H30N2O5/c1-6-13(2)21-19(23)14-7-9-22(10-8-14)20(24)15-11-16(25-3)18(27-5)17(12-15)26-4/h11-14H,6-10H2,1-5H3,(H,21,23)/t13-/m1/s1. The van der Waals surface area contributed by atoms with Gasteiger partial charge in [0.15, 0.2) is 11.5 Å². The van der Waals surface area contributed by atoms with E-state index in [0.717, 1.165) is 6.42 Å². The number of benzene rings is 1. The van der Waals surface area contributed by atoms with Crippen molar-refractivity contribution in [2.24, 2.45) is 5.92 Å². The van der Waals surface area contributed by atoms with Gasteiger partial charge in [-0.05, 0) is 38.3 Å². The van der Waals surface area contributed by atoms with Crippen molar-refractivity contribution in [3.8, 4) is 17.2 Å². The number of likely N-dealkylation sites (tertiary alicyclic amines) is 1. The molecule has 1 aromatic rings. The third kappa shape index (κ3) is 4.84. The number of nitrogens with one attached hydrogen (secondary N) is 1. The Balaban J connectivity index is 2.06. The van der Waals surface area contributed by atoms with Gasteiger partial charge in [-0.3, -0.25) is 9.59 Å². The predicted octanol–water partition coefficient (Wildman–Crippen LogP) is 2.48. The van der Waals surface area contributed by atoms with Crippen molar-refractivity contribution in [1.29, 1.82) is 0 Å². The lowest BCUT2D eigenvalue weighted by molar-refractivity contribution is -0.126. The molecule has 2 rings (SSSR count). The second-order valence-electron chi connectivity index (χ2n) is 6.80. The molecule has 7 nitrogen and oxygen atoms in total. The molecule has 1 saturated heterocycles. The molecule has 0 spiro atoms. The first-order chi connectivity index (χ1) is 12.9. The van der Waals surface area contributed by atoms with Gasteiger partial charge in [0.05, 0.1) is 21.3 Å². The summed E-state index contributed by atoms with van der Waals surface area (Å²) >= 11 is 0. The minimum absolute atomic E-state index is 0.0389. The number of amides is 2. The maximum Gasteiger partial charge on any atom is 0.254 e. The smallest absolute Gasteiger partial charge is 0.254 e. The van der Waals surface area contributed by atoms with Crippen LogP contribution in [0.2, 0.25) is 0 Å². The fourth-order valence-electron chi connectivity index (χ4n) is 3.19. The van der Waals surface area contributed by atoms with Crippen molar-refractivity contribution in [3.05, 3.63) is 17.7 Å². The van der Waals surface area contributed by atoms with Crippen molar-refractivity contribution >= 4 is 11.8 Å². The highest BCUT2D eigenvalue weighted by Crippen LogP contribution is 2.38. The van der Waals surface area contributed by atoms with Gasteiger partial charge in [-0.25, -0.2) is 0 Å². The molecular formula is C20H30N2O5. The lowest BCUT2D eigenvalue weighted by atomic mass is 9.95. The van der Waals surface area contributed by atoms with Crippen LogP contribution in [0.4, 0.5) is 0 Å². The van der Waals surface area contributed by atoms with Crippen LogP contribution in [0.25, 0.3) is 0 Å². The van der Waals surface area contributed by atoms with Crippen LogP contribution in [0.15, 0.2) is 12.1 Å². The Hall–Kier alpha value is -2.44. The zero-order valence-corrected chi connectivity index (χ0v) is 16.8. The van der Waals surface area contributed by atoms with Gasteiger partial charge in [-0.15, -0.1) is 0 Å². The summed E-state index contributed by atoms with van der Waals surface area (Å²) in [6.07, 6.45) is 2.24. The SMILES string of the molecule is CC[C@@H](C)NC(=O)C1CCN(C(=O)c2cc(OC)c(OC)c(OC)c2)CC1. The van der Waals surface area contributed by atoms with E-state index in [0.29, 0.717) is 48.7 Å². The van der Waals surface area contributed by atoms with Gasteiger partial charge in [0.2, 0.25) is 11.7 Å². The fourth-order valence-corrected chi connectivity index (χ4v) is 3.19. The Bertz CT molecular complexity index is 643. The van der Waals surface area contributed by atoms with E-state index >= 15 is 0 Å². The zero-order valence-electron chi connectivity index (χ0n) is 16.8. The van der Waals surface area contributed by atoms with Crippen LogP contribution >= 0.6 is 0 Å². The fraction of sp³-hybridized carbons (Fsp3) is 0.600. The molecule has 0 unspecified atom stereocenters. The molecule has 27 heavy (non-hydrogen) atoms. The highest BCUT2D eigenvalue weighted by molar-refractivity contribution is 5.96. The topological polar surface area (TPSA) is 77.1 Å². The second-order valence-corrected chi connectivity index (χ2v) is 6.80. The first kappa shape index (κ1) is 20.9. The number of carbonyl (C=O) groups is 2. The molecule has 2 amide bonds. The van der Waals surface area contributed by atoms with Gasteiger partial charge in [-0.2, -0.15) is 0 Å². The minimum atomic E-state index is -0.102. The van der Waals surface area contributed by atoms with Crippen LogP contribution in [-0.2, 0) is 4.79 Å². The van der Waals surface area contributed by atoms with E-state index in [1.807, 2.05) is 13.8 Å². The Labute approximate surface area is 161 Å². The predicted molar refractivity (Wildman–Crippen MR) is 103 cm³/mol. The lowest BCUT2D eigenvalue weighted by Crippen LogP contribution is -2.44. The van der Waals surface area contributed by atoms with E-state index in [1.165, 1.54) is 21.3 Å². The van der Waals surface area contributed by atoms with Gasteiger partial charge in [0, 0.05) is 30.6 Å². The number of carbonyl (C=O) groups excluding carboxylic acids is 2. The molecule has 0 saturated carbocycles. The van der Waals surface area contributed by atoms with Crippen LogP contribution in [0.3, 0.4) is 0 Å². The highest BCUT2D eigenvalue weighted by Gasteiger charge is 2.29. The molecule has 150 valence electrons. The Kier molecular flexibility index (Phi) is 7.33. The normalized spacial score (nSPS) is 15.8.